The van der Waals surface area contributed by atoms with E-state index in [1.807, 2.05) is 0 Å². The van der Waals surface area contributed by atoms with Crippen LogP contribution in [0.15, 0.2) is 29.3 Å². The van der Waals surface area contributed by atoms with Gasteiger partial charge in [0.25, 0.3) is 0 Å². The second kappa shape index (κ2) is 9.40. The average molecular weight is 291 g/mol. The van der Waals surface area contributed by atoms with E-state index in [2.05, 4.69) is 67.6 Å². The number of aryl methyl sites for hydroxylation is 1. The van der Waals surface area contributed by atoms with Crippen LogP contribution in [-0.4, -0.2) is 38.8 Å². The van der Waals surface area contributed by atoms with Crippen LogP contribution in [0.3, 0.4) is 0 Å². The molecule has 0 fully saturated rings. The van der Waals surface area contributed by atoms with Crippen LogP contribution in [0.5, 0.6) is 0 Å². The summed E-state index contributed by atoms with van der Waals surface area (Å²) in [5, 5.41) is 6.62. The number of nitrogens with zero attached hydrogens (tertiary/aromatic N) is 1. The predicted molar refractivity (Wildman–Crippen MR) is 90.0 cm³/mol. The first-order chi connectivity index (χ1) is 10.1. The van der Waals surface area contributed by atoms with Gasteiger partial charge in [-0.2, -0.15) is 0 Å². The first kappa shape index (κ1) is 17.5. The molecule has 2 N–H and O–H groups in total. The Bertz CT molecular complexity index is 445. The average Bonchev–Trinajstić information content (AvgIpc) is 2.45. The number of benzene rings is 1. The summed E-state index contributed by atoms with van der Waals surface area (Å²) in [6.07, 6.45) is 0. The number of hydrogen-bond acceptors (Lipinski definition) is 2. The zero-order valence-corrected chi connectivity index (χ0v) is 13.9. The molecule has 4 heteroatoms. The lowest BCUT2D eigenvalue weighted by molar-refractivity contribution is 0.179. The van der Waals surface area contributed by atoms with Gasteiger partial charge in [-0.15, -0.1) is 0 Å². The summed E-state index contributed by atoms with van der Waals surface area (Å²) in [5.41, 5.74) is 2.63. The van der Waals surface area contributed by atoms with Gasteiger partial charge in [-0.25, -0.2) is 0 Å². The zero-order chi connectivity index (χ0) is 15.7. The fourth-order valence-electron chi connectivity index (χ4n) is 2.16. The maximum absolute atomic E-state index is 5.15. The van der Waals surface area contributed by atoms with Crippen molar-refractivity contribution in [3.05, 3.63) is 35.4 Å². The van der Waals surface area contributed by atoms with Crippen molar-refractivity contribution in [2.24, 2.45) is 4.99 Å². The van der Waals surface area contributed by atoms with Gasteiger partial charge < -0.3 is 15.4 Å². The highest BCUT2D eigenvalue weighted by Gasteiger charge is 2.07. The topological polar surface area (TPSA) is 45.7 Å². The molecule has 0 spiro atoms. The highest BCUT2D eigenvalue weighted by molar-refractivity contribution is 5.80. The van der Waals surface area contributed by atoms with Gasteiger partial charge in [-0.05, 0) is 26.3 Å². The predicted octanol–water partition coefficient (Wildman–Crippen LogP) is 2.69. The van der Waals surface area contributed by atoms with Crippen molar-refractivity contribution in [3.63, 3.8) is 0 Å². The normalized spacial score (nSPS) is 14.6. The van der Waals surface area contributed by atoms with E-state index >= 15 is 0 Å². The van der Waals surface area contributed by atoms with Crippen LogP contribution in [0.25, 0.3) is 0 Å². The Morgan fingerprint density at radius 3 is 2.71 bits per heavy atom. The van der Waals surface area contributed by atoms with Gasteiger partial charge in [0.05, 0.1) is 6.61 Å². The summed E-state index contributed by atoms with van der Waals surface area (Å²) in [6.45, 7) is 10.8. The standard InChI is InChI=1S/C17H29N3O/c1-6-18-17(20-15(4)12-21-5)19-11-14(3)16-9-7-8-13(2)10-16/h7-10,14-15H,6,11-12H2,1-5H3,(H2,18,19,20). The molecule has 21 heavy (non-hydrogen) atoms. The Balaban J connectivity index is 2.64. The summed E-state index contributed by atoms with van der Waals surface area (Å²) in [7, 11) is 1.71. The van der Waals surface area contributed by atoms with Gasteiger partial charge in [-0.3, -0.25) is 4.99 Å². The lowest BCUT2D eigenvalue weighted by Gasteiger charge is -2.18. The molecule has 0 aliphatic carbocycles. The van der Waals surface area contributed by atoms with Gasteiger partial charge in [0.2, 0.25) is 0 Å². The van der Waals surface area contributed by atoms with Gasteiger partial charge in [0.15, 0.2) is 5.96 Å². The minimum Gasteiger partial charge on any atom is -0.383 e. The van der Waals surface area contributed by atoms with Crippen molar-refractivity contribution in [1.82, 2.24) is 10.6 Å². The molecule has 2 unspecified atom stereocenters. The summed E-state index contributed by atoms with van der Waals surface area (Å²) >= 11 is 0. The highest BCUT2D eigenvalue weighted by Crippen LogP contribution is 2.16. The molecule has 0 aliphatic rings. The smallest absolute Gasteiger partial charge is 0.191 e. The van der Waals surface area contributed by atoms with E-state index in [1.54, 1.807) is 7.11 Å². The van der Waals surface area contributed by atoms with E-state index < -0.39 is 0 Å². The molecular formula is C17H29N3O. The summed E-state index contributed by atoms with van der Waals surface area (Å²) in [4.78, 5) is 4.68. The fraction of sp³-hybridized carbons (Fsp3) is 0.588. The van der Waals surface area contributed by atoms with Crippen LogP contribution in [0, 0.1) is 6.92 Å². The Kier molecular flexibility index (Phi) is 7.83. The van der Waals surface area contributed by atoms with E-state index in [-0.39, 0.29) is 6.04 Å². The summed E-state index contributed by atoms with van der Waals surface area (Å²) in [5.74, 6) is 1.25. The SMILES string of the molecule is CCNC(=NCC(C)c1cccc(C)c1)NC(C)COC. The first-order valence-corrected chi connectivity index (χ1v) is 7.67. The zero-order valence-electron chi connectivity index (χ0n) is 13.9. The molecule has 0 radical (unpaired) electrons. The maximum Gasteiger partial charge on any atom is 0.191 e. The summed E-state index contributed by atoms with van der Waals surface area (Å²) < 4.78 is 5.15. The van der Waals surface area contributed by atoms with E-state index in [0.717, 1.165) is 19.0 Å². The molecule has 118 valence electrons. The molecule has 1 aromatic carbocycles. The van der Waals surface area contributed by atoms with E-state index in [4.69, 9.17) is 4.74 Å². The van der Waals surface area contributed by atoms with Crippen molar-refractivity contribution in [1.29, 1.82) is 0 Å². The van der Waals surface area contributed by atoms with Crippen molar-refractivity contribution >= 4 is 5.96 Å². The lowest BCUT2D eigenvalue weighted by Crippen LogP contribution is -2.44. The first-order valence-electron chi connectivity index (χ1n) is 7.67. The van der Waals surface area contributed by atoms with E-state index in [1.165, 1.54) is 11.1 Å². The third-order valence-electron chi connectivity index (χ3n) is 3.28. The van der Waals surface area contributed by atoms with Crippen LogP contribution >= 0.6 is 0 Å². The number of guanidine groups is 1. The molecular weight excluding hydrogens is 262 g/mol. The Hall–Kier alpha value is -1.55. The fourth-order valence-corrected chi connectivity index (χ4v) is 2.16. The molecule has 0 aromatic heterocycles. The summed E-state index contributed by atoms with van der Waals surface area (Å²) in [6, 6.07) is 8.86. The monoisotopic (exact) mass is 291 g/mol. The molecule has 0 saturated carbocycles. The molecule has 2 atom stereocenters. The molecule has 4 nitrogen and oxygen atoms in total. The van der Waals surface area contributed by atoms with Crippen LogP contribution in [-0.2, 0) is 4.74 Å². The van der Waals surface area contributed by atoms with Gasteiger partial charge in [0, 0.05) is 32.2 Å². The molecule has 0 bridgehead atoms. The van der Waals surface area contributed by atoms with Crippen LogP contribution in [0.2, 0.25) is 0 Å². The van der Waals surface area contributed by atoms with Crippen molar-refractivity contribution in [2.75, 3.05) is 26.8 Å². The highest BCUT2D eigenvalue weighted by atomic mass is 16.5. The van der Waals surface area contributed by atoms with E-state index in [0.29, 0.717) is 12.5 Å². The van der Waals surface area contributed by atoms with E-state index in [9.17, 15) is 0 Å². The lowest BCUT2D eigenvalue weighted by atomic mass is 10.00. The minimum atomic E-state index is 0.238. The number of nitrogens with one attached hydrogen (secondary N) is 2. The van der Waals surface area contributed by atoms with Crippen molar-refractivity contribution < 1.29 is 4.74 Å². The Morgan fingerprint density at radius 1 is 1.33 bits per heavy atom. The van der Waals surface area contributed by atoms with Crippen LogP contribution in [0.1, 0.15) is 37.8 Å². The minimum absolute atomic E-state index is 0.238. The van der Waals surface area contributed by atoms with Gasteiger partial charge >= 0.3 is 0 Å². The van der Waals surface area contributed by atoms with Crippen molar-refractivity contribution in [3.8, 4) is 0 Å². The number of ether oxygens (including phenoxy) is 1. The van der Waals surface area contributed by atoms with Gasteiger partial charge in [0.1, 0.15) is 0 Å². The van der Waals surface area contributed by atoms with Crippen LogP contribution in [0.4, 0.5) is 0 Å². The number of rotatable bonds is 7. The molecule has 1 aromatic rings. The Labute approximate surface area is 129 Å². The van der Waals surface area contributed by atoms with Crippen molar-refractivity contribution in [2.45, 2.75) is 39.7 Å². The Morgan fingerprint density at radius 2 is 2.10 bits per heavy atom. The number of hydrogen-bond donors (Lipinski definition) is 2. The third-order valence-corrected chi connectivity index (χ3v) is 3.28. The largest absolute Gasteiger partial charge is 0.383 e. The molecule has 0 heterocycles. The molecule has 0 amide bonds. The van der Waals surface area contributed by atoms with Gasteiger partial charge in [-0.1, -0.05) is 36.8 Å². The number of aliphatic imine (C=N–C) groups is 1. The second-order valence-electron chi connectivity index (χ2n) is 5.54. The molecule has 0 saturated heterocycles. The molecule has 0 aliphatic heterocycles. The quantitative estimate of drug-likeness (QED) is 0.600. The van der Waals surface area contributed by atoms with Crippen LogP contribution < -0.4 is 10.6 Å². The maximum atomic E-state index is 5.15. The second-order valence-corrected chi connectivity index (χ2v) is 5.54. The number of methoxy groups -OCH3 is 1. The molecule has 1 rings (SSSR count). The third kappa shape index (κ3) is 6.63.